The molecule has 406 valence electrons. The van der Waals surface area contributed by atoms with Gasteiger partial charge in [-0.3, -0.25) is 24.6 Å². The maximum atomic E-state index is 13.8. The van der Waals surface area contributed by atoms with Crippen LogP contribution in [0.25, 0.3) is 31.8 Å². The first-order valence-corrected chi connectivity index (χ1v) is 28.7. The molecule has 1 saturated heterocycles. The first-order chi connectivity index (χ1) is 37.4. The van der Waals surface area contributed by atoms with Gasteiger partial charge in [-0.15, -0.1) is 11.3 Å². The second kappa shape index (κ2) is 23.1. The summed E-state index contributed by atoms with van der Waals surface area (Å²) in [5.41, 5.74) is 9.85. The lowest BCUT2D eigenvalue weighted by atomic mass is 9.83. The van der Waals surface area contributed by atoms with E-state index in [1.54, 1.807) is 11.3 Å². The van der Waals surface area contributed by atoms with E-state index in [2.05, 4.69) is 58.8 Å². The minimum atomic E-state index is -1.14. The number of carboxylic acid groups (broad SMARTS) is 1. The van der Waals surface area contributed by atoms with E-state index in [0.717, 1.165) is 79.9 Å². The van der Waals surface area contributed by atoms with Gasteiger partial charge >= 0.3 is 5.97 Å². The number of aromatic carboxylic acids is 1. The van der Waals surface area contributed by atoms with Crippen molar-refractivity contribution in [2.45, 2.75) is 123 Å². The minimum absolute atomic E-state index is 0.0261. The van der Waals surface area contributed by atoms with Gasteiger partial charge in [0.2, 0.25) is 11.8 Å². The van der Waals surface area contributed by atoms with Gasteiger partial charge in [-0.2, -0.15) is 0 Å². The number of amides is 3. The molecule has 3 amide bonds. The average molecular weight is 1090 g/mol. The van der Waals surface area contributed by atoms with Gasteiger partial charge in [-0.1, -0.05) is 92.8 Å². The molecule has 15 nitrogen and oxygen atoms in total. The number of aromatic nitrogens is 3. The van der Waals surface area contributed by atoms with Gasteiger partial charge < -0.3 is 30.5 Å². The zero-order valence-electron chi connectivity index (χ0n) is 45.0. The summed E-state index contributed by atoms with van der Waals surface area (Å²) in [6, 6.07) is 30.0. The van der Waals surface area contributed by atoms with Crippen molar-refractivity contribution < 1.29 is 34.1 Å². The molecule has 4 aromatic carbocycles. The van der Waals surface area contributed by atoms with Crippen LogP contribution in [0.5, 0.6) is 5.75 Å². The van der Waals surface area contributed by atoms with Gasteiger partial charge in [0.05, 0.1) is 50.6 Å². The molecule has 78 heavy (non-hydrogen) atoms. The summed E-state index contributed by atoms with van der Waals surface area (Å²) in [6.45, 7) is 13.9. The number of ether oxygens (including phenoxy) is 1. The SMILES string of the molecule is Cc1ncsc1-c1ccc([C@H](C)NC(=O)[C@@H]2C[C@@H](O)CN2C[C@@H](NC(=O)C[C@H]2CC[C@H](Oc3cccc(-c4ccc(N5CCc6cccc(C(=O)Nc7nc8ccccc8s7)c6C5)nc4C(=O)O)c3C)CC2)C(C)(C)C)cc1. The van der Waals surface area contributed by atoms with Crippen LogP contribution >= 0.6 is 22.7 Å². The second-order valence-corrected chi connectivity index (χ2v) is 24.2. The summed E-state index contributed by atoms with van der Waals surface area (Å²) in [5.74, 6) is -0.188. The fourth-order valence-corrected chi connectivity index (χ4v) is 13.0. The van der Waals surface area contributed by atoms with E-state index in [0.29, 0.717) is 73.3 Å². The van der Waals surface area contributed by atoms with Crippen LogP contribution in [0.3, 0.4) is 0 Å². The molecule has 1 saturated carbocycles. The first-order valence-electron chi connectivity index (χ1n) is 27.0. The highest BCUT2D eigenvalue weighted by molar-refractivity contribution is 7.22. The Hall–Kier alpha value is -7.05. The molecule has 7 aromatic rings. The van der Waals surface area contributed by atoms with Gasteiger partial charge in [-0.25, -0.2) is 19.7 Å². The Morgan fingerprint density at radius 3 is 2.37 bits per heavy atom. The largest absolute Gasteiger partial charge is 0.490 e. The van der Waals surface area contributed by atoms with E-state index < -0.39 is 18.1 Å². The Labute approximate surface area is 463 Å². The predicted octanol–water partition coefficient (Wildman–Crippen LogP) is 10.8. The van der Waals surface area contributed by atoms with E-state index in [4.69, 9.17) is 9.72 Å². The Morgan fingerprint density at radius 1 is 0.872 bits per heavy atom. The molecule has 0 spiro atoms. The number of fused-ring (bicyclic) bond motifs is 2. The van der Waals surface area contributed by atoms with Crippen molar-refractivity contribution in [3.63, 3.8) is 0 Å². The minimum Gasteiger partial charge on any atom is -0.490 e. The van der Waals surface area contributed by atoms with Crippen molar-refractivity contribution in [1.82, 2.24) is 30.5 Å². The third kappa shape index (κ3) is 12.1. The monoisotopic (exact) mass is 1090 g/mol. The molecular formula is C61H68N8O7S2. The highest BCUT2D eigenvalue weighted by Crippen LogP contribution is 2.38. The molecule has 2 aliphatic heterocycles. The number of aliphatic hydroxyl groups is 1. The van der Waals surface area contributed by atoms with Crippen LogP contribution in [-0.2, 0) is 22.6 Å². The van der Waals surface area contributed by atoms with Crippen LogP contribution in [0.1, 0.15) is 121 Å². The molecule has 17 heteroatoms. The van der Waals surface area contributed by atoms with Gasteiger partial charge in [-0.05, 0) is 140 Å². The molecule has 0 bridgehead atoms. The fraction of sp³-hybridized carbons (Fsp3) is 0.393. The summed E-state index contributed by atoms with van der Waals surface area (Å²) in [5, 5.41) is 31.5. The number of β-amino-alcohol motifs (C(OH)–C–C–N with tert-alkyl or cyclic N) is 1. The van der Waals surface area contributed by atoms with E-state index in [1.807, 2.05) is 121 Å². The number of hydrogen-bond donors (Lipinski definition) is 5. The molecule has 1 aliphatic carbocycles. The lowest BCUT2D eigenvalue weighted by Gasteiger charge is -2.37. The number of para-hydroxylation sites is 1. The smallest absolute Gasteiger partial charge is 0.355 e. The average Bonchev–Trinajstić information content (AvgIpc) is 4.18. The Morgan fingerprint density at radius 2 is 1.64 bits per heavy atom. The number of rotatable bonds is 16. The zero-order valence-corrected chi connectivity index (χ0v) is 46.7. The molecule has 0 unspecified atom stereocenters. The van der Waals surface area contributed by atoms with Gasteiger partial charge in [0, 0.05) is 49.8 Å². The third-order valence-corrected chi connectivity index (χ3v) is 17.8. The molecule has 3 aliphatic rings. The number of carbonyl (C=O) groups excluding carboxylic acids is 3. The van der Waals surface area contributed by atoms with Gasteiger partial charge in [0.15, 0.2) is 10.8 Å². The Kier molecular flexibility index (Phi) is 16.1. The summed E-state index contributed by atoms with van der Waals surface area (Å²) in [6.07, 6.45) is 3.80. The maximum Gasteiger partial charge on any atom is 0.355 e. The number of nitrogens with zero attached hydrogens (tertiary/aromatic N) is 5. The van der Waals surface area contributed by atoms with Crippen molar-refractivity contribution in [3.05, 3.63) is 142 Å². The zero-order chi connectivity index (χ0) is 54.8. The first kappa shape index (κ1) is 54.3. The molecule has 4 atom stereocenters. The van der Waals surface area contributed by atoms with E-state index in [-0.39, 0.29) is 52.9 Å². The number of thiazole rings is 2. The lowest BCUT2D eigenvalue weighted by Crippen LogP contribution is -2.54. The third-order valence-electron chi connectivity index (χ3n) is 15.8. The molecule has 0 radical (unpaired) electrons. The van der Waals surface area contributed by atoms with Crippen molar-refractivity contribution >= 4 is 67.5 Å². The number of carboxylic acids is 1. The number of hydrogen-bond acceptors (Lipinski definition) is 13. The van der Waals surface area contributed by atoms with Crippen LogP contribution in [0.4, 0.5) is 10.9 Å². The summed E-state index contributed by atoms with van der Waals surface area (Å²) in [4.78, 5) is 73.2. The van der Waals surface area contributed by atoms with Crippen LogP contribution in [-0.4, -0.2) is 97.7 Å². The van der Waals surface area contributed by atoms with Crippen molar-refractivity contribution in [1.29, 1.82) is 0 Å². The molecular weight excluding hydrogens is 1020 g/mol. The van der Waals surface area contributed by atoms with Gasteiger partial charge in [0.25, 0.3) is 5.91 Å². The van der Waals surface area contributed by atoms with E-state index >= 15 is 0 Å². The number of aliphatic hydroxyl groups excluding tert-OH is 1. The van der Waals surface area contributed by atoms with Crippen LogP contribution in [0.15, 0.2) is 103 Å². The van der Waals surface area contributed by atoms with Crippen molar-refractivity contribution in [2.24, 2.45) is 11.3 Å². The predicted molar refractivity (Wildman–Crippen MR) is 307 cm³/mol. The molecule has 5 heterocycles. The van der Waals surface area contributed by atoms with Crippen molar-refractivity contribution in [2.75, 3.05) is 29.9 Å². The summed E-state index contributed by atoms with van der Waals surface area (Å²) >= 11 is 3.03. The topological polar surface area (TPSA) is 199 Å². The summed E-state index contributed by atoms with van der Waals surface area (Å²) in [7, 11) is 0. The molecule has 3 aromatic heterocycles. The second-order valence-electron chi connectivity index (χ2n) is 22.3. The van der Waals surface area contributed by atoms with E-state index in [9.17, 15) is 29.4 Å². The number of nitrogens with one attached hydrogen (secondary N) is 3. The number of benzene rings is 4. The number of likely N-dealkylation sites (tertiary alicyclic amines) is 1. The molecule has 10 rings (SSSR count). The molecule has 5 N–H and O–H groups in total. The number of carbonyl (C=O) groups is 4. The number of pyridine rings is 1. The molecule has 2 fully saturated rings. The fourth-order valence-electron chi connectivity index (χ4n) is 11.3. The Bertz CT molecular complexity index is 3310. The van der Waals surface area contributed by atoms with E-state index in [1.165, 1.54) is 11.3 Å². The van der Waals surface area contributed by atoms with Crippen LogP contribution in [0.2, 0.25) is 0 Å². The highest BCUT2D eigenvalue weighted by atomic mass is 32.1. The van der Waals surface area contributed by atoms with Crippen LogP contribution in [0, 0.1) is 25.2 Å². The van der Waals surface area contributed by atoms with Crippen molar-refractivity contribution in [3.8, 4) is 27.3 Å². The number of aryl methyl sites for hydroxylation is 1. The quantitative estimate of drug-likeness (QED) is 0.0614. The normalized spacial score (nSPS) is 19.4. The van der Waals surface area contributed by atoms with Gasteiger partial charge in [0.1, 0.15) is 11.6 Å². The summed E-state index contributed by atoms with van der Waals surface area (Å²) < 4.78 is 7.64. The highest BCUT2D eigenvalue weighted by Gasteiger charge is 2.40. The Balaban J connectivity index is 0.732. The maximum absolute atomic E-state index is 13.8. The lowest BCUT2D eigenvalue weighted by molar-refractivity contribution is -0.126. The standard InChI is InChI=1S/C61H68N8O7S2/c1-35-44(45-25-26-53(66-55(45)59(74)75)68-28-27-40-11-9-13-46(47(40)32-68)57(72)67-60-64-48-14-7-8-16-51(48)78-60)12-10-15-50(35)76-43-23-17-38(18-24-43)29-54(71)65-52(61(4,5)6)33-69-31-42(70)30-49(69)58(73)63-36(2)39-19-21-41(22-20-39)56-37(3)62-34-77-56/h7-16,19-22,25-26,34,36,38,42-43,49,52,70H,17-18,23-24,27-33H2,1-6H3,(H,63,73)(H,65,71)(H,74,75)(H,64,67,72)/t36-,38-,42+,43-,49-,52+/m0/s1. The van der Waals surface area contributed by atoms with Crippen LogP contribution < -0.4 is 25.6 Å². The number of anilines is 2.